The molecule has 3 aromatic heterocycles. The molecule has 5 rings (SSSR count). The largest absolute Gasteiger partial charge is 0.504 e. The molecule has 1 aliphatic heterocycles. The highest BCUT2D eigenvalue weighted by molar-refractivity contribution is 7.98. The number of benzene rings is 1. The first-order chi connectivity index (χ1) is 15.1. The van der Waals surface area contributed by atoms with Crippen LogP contribution in [0.15, 0.2) is 47.0 Å². The van der Waals surface area contributed by atoms with Crippen molar-refractivity contribution in [2.24, 2.45) is 0 Å². The molecule has 0 spiro atoms. The Kier molecular flexibility index (Phi) is 5.16. The third-order valence-electron chi connectivity index (χ3n) is 4.96. The number of anilines is 1. The third-order valence-corrected chi connectivity index (χ3v) is 5.98. The summed E-state index contributed by atoms with van der Waals surface area (Å²) in [5.74, 6) is 0.732. The number of hydrogen-bond acceptors (Lipinski definition) is 9. The molecule has 0 atom stereocenters. The SMILES string of the molecule is CN1CCCN(c2nc(-c3nnc(Cc4ccc(F)cc4)o3)c(O)c3ncccc23)S1. The van der Waals surface area contributed by atoms with Gasteiger partial charge in [0, 0.05) is 36.8 Å². The summed E-state index contributed by atoms with van der Waals surface area (Å²) in [6.07, 6.45) is 2.96. The van der Waals surface area contributed by atoms with E-state index in [4.69, 9.17) is 9.40 Å². The second-order valence-electron chi connectivity index (χ2n) is 7.23. The van der Waals surface area contributed by atoms with E-state index in [2.05, 4.69) is 23.8 Å². The number of aromatic nitrogens is 4. The van der Waals surface area contributed by atoms with Crippen molar-refractivity contribution < 1.29 is 13.9 Å². The fraction of sp³-hybridized carbons (Fsp3) is 0.238. The molecule has 0 aliphatic carbocycles. The van der Waals surface area contributed by atoms with E-state index in [9.17, 15) is 9.50 Å². The first kappa shape index (κ1) is 19.7. The molecule has 8 nitrogen and oxygen atoms in total. The molecule has 0 unspecified atom stereocenters. The summed E-state index contributed by atoms with van der Waals surface area (Å²) in [6.45, 7) is 1.80. The minimum absolute atomic E-state index is 0.105. The number of pyridine rings is 2. The zero-order chi connectivity index (χ0) is 21.4. The van der Waals surface area contributed by atoms with Crippen molar-refractivity contribution in [1.82, 2.24) is 24.5 Å². The van der Waals surface area contributed by atoms with Crippen molar-refractivity contribution in [1.29, 1.82) is 0 Å². The van der Waals surface area contributed by atoms with Crippen molar-refractivity contribution >= 4 is 28.9 Å². The number of nitrogens with zero attached hydrogens (tertiary/aromatic N) is 6. The lowest BCUT2D eigenvalue weighted by Gasteiger charge is -2.32. The summed E-state index contributed by atoms with van der Waals surface area (Å²) in [5, 5.41) is 19.8. The standard InChI is InChI=1S/C21H19FN6O2S/c1-27-10-3-11-28(31-27)20-15-4-2-9-23-17(15)19(29)18(24-20)21-26-25-16(30-21)12-13-5-7-14(22)8-6-13/h2,4-9,29H,3,10-12H2,1H3. The first-order valence-electron chi connectivity index (χ1n) is 9.80. The van der Waals surface area contributed by atoms with Crippen molar-refractivity contribution in [3.8, 4) is 17.3 Å². The van der Waals surface area contributed by atoms with Gasteiger partial charge in [-0.3, -0.25) is 9.29 Å². The summed E-state index contributed by atoms with van der Waals surface area (Å²) >= 11 is 1.57. The Morgan fingerprint density at radius 1 is 1.16 bits per heavy atom. The van der Waals surface area contributed by atoms with E-state index in [0.717, 1.165) is 30.5 Å². The minimum atomic E-state index is -0.304. The summed E-state index contributed by atoms with van der Waals surface area (Å²) in [5.41, 5.74) is 1.45. The van der Waals surface area contributed by atoms with Gasteiger partial charge in [-0.05, 0) is 43.3 Å². The van der Waals surface area contributed by atoms with Crippen LogP contribution in [0.2, 0.25) is 0 Å². The van der Waals surface area contributed by atoms with Crippen LogP contribution >= 0.6 is 12.1 Å². The fourth-order valence-electron chi connectivity index (χ4n) is 3.47. The average molecular weight is 438 g/mol. The molecular formula is C21H19FN6O2S. The molecule has 0 radical (unpaired) electrons. The van der Waals surface area contributed by atoms with Gasteiger partial charge in [0.25, 0.3) is 5.89 Å². The zero-order valence-corrected chi connectivity index (χ0v) is 17.5. The van der Waals surface area contributed by atoms with Crippen LogP contribution in [-0.4, -0.2) is 49.7 Å². The molecule has 1 saturated heterocycles. The highest BCUT2D eigenvalue weighted by Crippen LogP contribution is 2.40. The maximum absolute atomic E-state index is 13.1. The summed E-state index contributed by atoms with van der Waals surface area (Å²) < 4.78 is 23.1. The van der Waals surface area contributed by atoms with Crippen LogP contribution in [0, 0.1) is 5.82 Å². The lowest BCUT2D eigenvalue weighted by Crippen LogP contribution is -2.32. The van der Waals surface area contributed by atoms with Crippen molar-refractivity contribution in [3.05, 3.63) is 59.9 Å². The van der Waals surface area contributed by atoms with Gasteiger partial charge in [0.1, 0.15) is 17.2 Å². The molecule has 1 aromatic carbocycles. The van der Waals surface area contributed by atoms with Crippen molar-refractivity contribution in [2.75, 3.05) is 24.4 Å². The van der Waals surface area contributed by atoms with E-state index in [0.29, 0.717) is 23.6 Å². The second kappa shape index (κ2) is 8.12. The van der Waals surface area contributed by atoms with Gasteiger partial charge in [-0.25, -0.2) is 13.7 Å². The second-order valence-corrected chi connectivity index (χ2v) is 8.45. The Morgan fingerprint density at radius 3 is 2.81 bits per heavy atom. The third kappa shape index (κ3) is 3.91. The molecule has 0 amide bonds. The summed E-state index contributed by atoms with van der Waals surface area (Å²) in [6, 6.07) is 9.80. The molecule has 4 heterocycles. The predicted octanol–water partition coefficient (Wildman–Crippen LogP) is 3.82. The van der Waals surface area contributed by atoms with E-state index in [1.807, 2.05) is 19.2 Å². The van der Waals surface area contributed by atoms with Gasteiger partial charge in [0.15, 0.2) is 11.4 Å². The normalized spacial score (nSPS) is 15.0. The van der Waals surface area contributed by atoms with Gasteiger partial charge in [0.05, 0.1) is 6.42 Å². The van der Waals surface area contributed by atoms with E-state index < -0.39 is 0 Å². The minimum Gasteiger partial charge on any atom is -0.504 e. The lowest BCUT2D eigenvalue weighted by molar-refractivity contribution is 0.471. The van der Waals surface area contributed by atoms with Crippen LogP contribution in [0.3, 0.4) is 0 Å². The van der Waals surface area contributed by atoms with E-state index in [1.165, 1.54) is 12.1 Å². The maximum Gasteiger partial charge on any atom is 0.270 e. The number of hydrogen-bond donors (Lipinski definition) is 1. The lowest BCUT2D eigenvalue weighted by atomic mass is 10.1. The van der Waals surface area contributed by atoms with Gasteiger partial charge in [0.2, 0.25) is 5.89 Å². The van der Waals surface area contributed by atoms with Gasteiger partial charge in [-0.1, -0.05) is 12.1 Å². The van der Waals surface area contributed by atoms with Crippen LogP contribution in [0.1, 0.15) is 17.9 Å². The average Bonchev–Trinajstić information content (AvgIpc) is 3.24. The van der Waals surface area contributed by atoms with E-state index in [1.54, 1.807) is 30.5 Å². The summed E-state index contributed by atoms with van der Waals surface area (Å²) in [4.78, 5) is 9.06. The molecule has 1 fully saturated rings. The highest BCUT2D eigenvalue weighted by atomic mass is 32.2. The Morgan fingerprint density at radius 2 is 2.00 bits per heavy atom. The summed E-state index contributed by atoms with van der Waals surface area (Å²) in [7, 11) is 2.03. The molecule has 1 aliphatic rings. The quantitative estimate of drug-likeness (QED) is 0.477. The number of rotatable bonds is 4. The smallest absolute Gasteiger partial charge is 0.270 e. The molecule has 4 aromatic rings. The Labute approximate surface area is 182 Å². The first-order valence-corrected chi connectivity index (χ1v) is 10.5. The number of halogens is 1. The Bertz CT molecular complexity index is 1230. The van der Waals surface area contributed by atoms with Gasteiger partial charge >= 0.3 is 0 Å². The topological polar surface area (TPSA) is 91.4 Å². The number of fused-ring (bicyclic) bond motifs is 1. The Hall–Kier alpha value is -3.24. The van der Waals surface area contributed by atoms with Crippen molar-refractivity contribution in [2.45, 2.75) is 12.8 Å². The van der Waals surface area contributed by atoms with Crippen LogP contribution < -0.4 is 4.31 Å². The van der Waals surface area contributed by atoms with Gasteiger partial charge in [-0.2, -0.15) is 0 Å². The van der Waals surface area contributed by atoms with E-state index in [-0.39, 0.29) is 23.2 Å². The van der Waals surface area contributed by atoms with Crippen molar-refractivity contribution in [3.63, 3.8) is 0 Å². The zero-order valence-electron chi connectivity index (χ0n) is 16.7. The fourth-order valence-corrected chi connectivity index (χ4v) is 4.45. The molecule has 0 saturated carbocycles. The maximum atomic E-state index is 13.1. The molecule has 10 heteroatoms. The molecular weight excluding hydrogens is 419 g/mol. The molecule has 1 N–H and O–H groups in total. The monoisotopic (exact) mass is 438 g/mol. The van der Waals surface area contributed by atoms with Gasteiger partial charge in [-0.15, -0.1) is 10.2 Å². The molecule has 158 valence electrons. The number of aromatic hydroxyl groups is 1. The van der Waals surface area contributed by atoms with Gasteiger partial charge < -0.3 is 9.52 Å². The van der Waals surface area contributed by atoms with E-state index >= 15 is 0 Å². The molecule has 31 heavy (non-hydrogen) atoms. The van der Waals surface area contributed by atoms with Crippen LogP contribution in [0.4, 0.5) is 10.2 Å². The van der Waals surface area contributed by atoms with Crippen LogP contribution in [0.5, 0.6) is 5.75 Å². The highest BCUT2D eigenvalue weighted by Gasteiger charge is 2.25. The van der Waals surface area contributed by atoms with Crippen LogP contribution in [-0.2, 0) is 6.42 Å². The Balaban J connectivity index is 1.55. The molecule has 0 bridgehead atoms. The predicted molar refractivity (Wildman–Crippen MR) is 116 cm³/mol. The van der Waals surface area contributed by atoms with Crippen LogP contribution in [0.25, 0.3) is 22.5 Å².